The molecule has 35 heavy (non-hydrogen) atoms. The van der Waals surface area contributed by atoms with Crippen LogP contribution in [0.3, 0.4) is 0 Å². The molecule has 0 unspecified atom stereocenters. The van der Waals surface area contributed by atoms with Crippen LogP contribution in [0, 0.1) is 5.82 Å². The van der Waals surface area contributed by atoms with E-state index in [2.05, 4.69) is 5.32 Å². The normalized spacial score (nSPS) is 12.1. The molecule has 0 saturated heterocycles. The molecule has 0 radical (unpaired) electrons. The number of carbonyl (C=O) groups is 2. The molecule has 0 aliphatic heterocycles. The summed E-state index contributed by atoms with van der Waals surface area (Å²) in [5.41, 5.74) is 1.15. The quantitative estimate of drug-likeness (QED) is 0.421. The van der Waals surface area contributed by atoms with Gasteiger partial charge >= 0.3 is 0 Å². The summed E-state index contributed by atoms with van der Waals surface area (Å²) in [6.45, 7) is 4.50. The van der Waals surface area contributed by atoms with Gasteiger partial charge in [-0.05, 0) is 61.2 Å². The molecule has 2 rings (SSSR count). The summed E-state index contributed by atoms with van der Waals surface area (Å²) >= 11 is 5.92. The van der Waals surface area contributed by atoms with Crippen molar-refractivity contribution >= 4 is 39.1 Å². The fraction of sp³-hybridized carbons (Fsp3) is 0.440. The van der Waals surface area contributed by atoms with Crippen molar-refractivity contribution < 1.29 is 22.4 Å². The predicted molar refractivity (Wildman–Crippen MR) is 137 cm³/mol. The van der Waals surface area contributed by atoms with E-state index in [1.807, 2.05) is 13.8 Å². The second-order valence-electron chi connectivity index (χ2n) is 8.28. The molecule has 192 valence electrons. The SMILES string of the molecule is CCCNC(=O)[C@@H](CC)N(Cc1ccc(F)cc1)C(=O)CCCN(c1ccc(Cl)cc1)S(C)(=O)=O. The molecule has 2 aromatic carbocycles. The standard InChI is InChI=1S/C25H33ClFN3O4S/c1-4-16-28-25(32)23(5-2)29(18-19-8-12-21(27)13-9-19)24(31)7-6-17-30(35(3,33)34)22-14-10-20(26)11-15-22/h8-15,23H,4-7,16-18H2,1-3H3,(H,28,32)/t23-/m1/s1. The fourth-order valence-corrected chi connectivity index (χ4v) is 4.77. The van der Waals surface area contributed by atoms with E-state index in [0.717, 1.165) is 12.7 Å². The lowest BCUT2D eigenvalue weighted by molar-refractivity contribution is -0.141. The van der Waals surface area contributed by atoms with E-state index in [9.17, 15) is 22.4 Å². The zero-order chi connectivity index (χ0) is 26.0. The van der Waals surface area contributed by atoms with Crippen LogP contribution in [-0.2, 0) is 26.2 Å². The van der Waals surface area contributed by atoms with E-state index >= 15 is 0 Å². The van der Waals surface area contributed by atoms with Crippen molar-refractivity contribution in [3.63, 3.8) is 0 Å². The Bertz CT molecular complexity index is 1080. The molecular weight excluding hydrogens is 493 g/mol. The zero-order valence-corrected chi connectivity index (χ0v) is 21.9. The van der Waals surface area contributed by atoms with E-state index in [4.69, 9.17) is 11.6 Å². The number of nitrogens with zero attached hydrogens (tertiary/aromatic N) is 2. The van der Waals surface area contributed by atoms with Gasteiger partial charge < -0.3 is 10.2 Å². The van der Waals surface area contributed by atoms with Gasteiger partial charge in [-0.1, -0.05) is 37.6 Å². The minimum absolute atomic E-state index is 0.0400. The molecule has 0 aliphatic rings. The molecule has 2 amide bonds. The van der Waals surface area contributed by atoms with Gasteiger partial charge in [-0.2, -0.15) is 0 Å². The highest BCUT2D eigenvalue weighted by Gasteiger charge is 2.28. The van der Waals surface area contributed by atoms with Crippen LogP contribution in [0.2, 0.25) is 5.02 Å². The van der Waals surface area contributed by atoms with E-state index in [1.165, 1.54) is 21.3 Å². The number of carbonyl (C=O) groups excluding carboxylic acids is 2. The molecule has 0 bridgehead atoms. The number of hydrogen-bond acceptors (Lipinski definition) is 4. The smallest absolute Gasteiger partial charge is 0.242 e. The Balaban J connectivity index is 2.18. The fourth-order valence-electron chi connectivity index (χ4n) is 3.68. The van der Waals surface area contributed by atoms with Crippen LogP contribution in [0.1, 0.15) is 45.1 Å². The van der Waals surface area contributed by atoms with Gasteiger partial charge in [0, 0.05) is 31.1 Å². The van der Waals surface area contributed by atoms with Crippen molar-refractivity contribution in [1.82, 2.24) is 10.2 Å². The van der Waals surface area contributed by atoms with Gasteiger partial charge in [-0.15, -0.1) is 0 Å². The second kappa shape index (κ2) is 13.4. The van der Waals surface area contributed by atoms with Crippen molar-refractivity contribution in [1.29, 1.82) is 0 Å². The van der Waals surface area contributed by atoms with Crippen LogP contribution in [0.5, 0.6) is 0 Å². The number of amides is 2. The summed E-state index contributed by atoms with van der Waals surface area (Å²) in [4.78, 5) is 27.6. The summed E-state index contributed by atoms with van der Waals surface area (Å²) in [5.74, 6) is -0.913. The van der Waals surface area contributed by atoms with Gasteiger partial charge in [0.1, 0.15) is 11.9 Å². The summed E-state index contributed by atoms with van der Waals surface area (Å²) in [6.07, 6.45) is 2.57. The van der Waals surface area contributed by atoms with Crippen LogP contribution < -0.4 is 9.62 Å². The molecule has 0 saturated carbocycles. The molecular formula is C25H33ClFN3O4S. The number of sulfonamides is 1. The number of nitrogens with one attached hydrogen (secondary N) is 1. The Kier molecular flexibility index (Phi) is 11.0. The van der Waals surface area contributed by atoms with E-state index < -0.39 is 16.1 Å². The Hall–Kier alpha value is -2.65. The Morgan fingerprint density at radius 1 is 1.06 bits per heavy atom. The van der Waals surface area contributed by atoms with Gasteiger partial charge in [-0.3, -0.25) is 13.9 Å². The molecule has 0 aliphatic carbocycles. The van der Waals surface area contributed by atoms with Crippen LogP contribution >= 0.6 is 11.6 Å². The molecule has 0 spiro atoms. The minimum atomic E-state index is -3.58. The van der Waals surface area contributed by atoms with Gasteiger partial charge in [0.25, 0.3) is 0 Å². The minimum Gasteiger partial charge on any atom is -0.354 e. The monoisotopic (exact) mass is 525 g/mol. The zero-order valence-electron chi connectivity index (χ0n) is 20.3. The maximum atomic E-state index is 13.4. The maximum absolute atomic E-state index is 13.4. The Morgan fingerprint density at radius 2 is 1.69 bits per heavy atom. The van der Waals surface area contributed by atoms with Gasteiger partial charge in [-0.25, -0.2) is 12.8 Å². The molecule has 2 aromatic rings. The van der Waals surface area contributed by atoms with Crippen molar-refractivity contribution in [2.24, 2.45) is 0 Å². The lowest BCUT2D eigenvalue weighted by Gasteiger charge is -2.31. The average Bonchev–Trinajstić information content (AvgIpc) is 2.81. The van der Waals surface area contributed by atoms with Crippen molar-refractivity contribution in [3.05, 3.63) is 64.9 Å². The third-order valence-corrected chi connectivity index (χ3v) is 6.91. The van der Waals surface area contributed by atoms with Gasteiger partial charge in [0.2, 0.25) is 21.8 Å². The largest absolute Gasteiger partial charge is 0.354 e. The van der Waals surface area contributed by atoms with Gasteiger partial charge in [0.05, 0.1) is 11.9 Å². The van der Waals surface area contributed by atoms with Crippen LogP contribution in [0.25, 0.3) is 0 Å². The first-order chi connectivity index (χ1) is 16.6. The van der Waals surface area contributed by atoms with Crippen molar-refractivity contribution in [2.75, 3.05) is 23.7 Å². The summed E-state index contributed by atoms with van der Waals surface area (Å²) < 4.78 is 39.3. The first-order valence-electron chi connectivity index (χ1n) is 11.6. The van der Waals surface area contributed by atoms with E-state index in [0.29, 0.717) is 29.2 Å². The van der Waals surface area contributed by atoms with Crippen LogP contribution in [-0.4, -0.2) is 50.5 Å². The molecule has 0 fully saturated rings. The molecule has 0 heterocycles. The average molecular weight is 526 g/mol. The number of benzene rings is 2. The maximum Gasteiger partial charge on any atom is 0.242 e. The number of halogens is 2. The first kappa shape index (κ1) is 28.6. The van der Waals surface area contributed by atoms with Crippen LogP contribution in [0.15, 0.2) is 48.5 Å². The number of hydrogen-bond donors (Lipinski definition) is 1. The Morgan fingerprint density at radius 3 is 2.23 bits per heavy atom. The highest BCUT2D eigenvalue weighted by Crippen LogP contribution is 2.22. The summed E-state index contributed by atoms with van der Waals surface area (Å²) in [6, 6.07) is 11.5. The lowest BCUT2D eigenvalue weighted by Crippen LogP contribution is -2.49. The van der Waals surface area contributed by atoms with E-state index in [1.54, 1.807) is 36.4 Å². The molecule has 1 N–H and O–H groups in total. The number of rotatable bonds is 13. The first-order valence-corrected chi connectivity index (χ1v) is 13.8. The molecule has 7 nitrogen and oxygen atoms in total. The third-order valence-electron chi connectivity index (χ3n) is 5.47. The highest BCUT2D eigenvalue weighted by atomic mass is 35.5. The summed E-state index contributed by atoms with van der Waals surface area (Å²) in [7, 11) is -3.58. The Labute approximate surface area is 212 Å². The third kappa shape index (κ3) is 8.81. The van der Waals surface area contributed by atoms with Crippen molar-refractivity contribution in [3.8, 4) is 0 Å². The predicted octanol–water partition coefficient (Wildman–Crippen LogP) is 4.36. The lowest BCUT2D eigenvalue weighted by atomic mass is 10.1. The number of anilines is 1. The highest BCUT2D eigenvalue weighted by molar-refractivity contribution is 7.92. The topological polar surface area (TPSA) is 86.8 Å². The molecule has 10 heteroatoms. The second-order valence-corrected chi connectivity index (χ2v) is 10.6. The molecule has 0 aromatic heterocycles. The molecule has 1 atom stereocenters. The van der Waals surface area contributed by atoms with E-state index in [-0.39, 0.29) is 43.6 Å². The summed E-state index contributed by atoms with van der Waals surface area (Å²) in [5, 5.41) is 3.33. The van der Waals surface area contributed by atoms with Crippen molar-refractivity contribution in [2.45, 2.75) is 52.1 Å². The van der Waals surface area contributed by atoms with Crippen LogP contribution in [0.4, 0.5) is 10.1 Å². The van der Waals surface area contributed by atoms with Gasteiger partial charge in [0.15, 0.2) is 0 Å².